The van der Waals surface area contributed by atoms with Crippen LogP contribution >= 0.6 is 0 Å². The summed E-state index contributed by atoms with van der Waals surface area (Å²) in [6.45, 7) is 2.00. The summed E-state index contributed by atoms with van der Waals surface area (Å²) < 4.78 is 8.03. The average Bonchev–Trinajstić information content (AvgIpc) is 3.20. The standard InChI is InChI=1S/C16H13N5O3/c1-10-14-12(8-13(22)20(10)9-11-4-2-7-24-11)19-21(15(14)23)16-17-5-3-6-18-16/h2-8,19H,9H2,1H3. The van der Waals surface area contributed by atoms with Crippen molar-refractivity contribution in [1.82, 2.24) is 24.3 Å². The maximum Gasteiger partial charge on any atom is 0.283 e. The number of rotatable bonds is 3. The Morgan fingerprint density at radius 1 is 1.21 bits per heavy atom. The van der Waals surface area contributed by atoms with Crippen LogP contribution in [0.2, 0.25) is 0 Å². The van der Waals surface area contributed by atoms with Crippen molar-refractivity contribution in [3.8, 4) is 5.95 Å². The maximum atomic E-state index is 12.7. The van der Waals surface area contributed by atoms with Crippen LogP contribution in [0.4, 0.5) is 0 Å². The molecule has 4 aromatic rings. The first-order chi connectivity index (χ1) is 11.6. The first-order valence-electron chi connectivity index (χ1n) is 7.30. The minimum absolute atomic E-state index is 0.223. The number of furan rings is 1. The number of hydrogen-bond acceptors (Lipinski definition) is 5. The van der Waals surface area contributed by atoms with E-state index in [4.69, 9.17) is 4.42 Å². The molecule has 4 rings (SSSR count). The molecule has 0 aliphatic heterocycles. The molecule has 120 valence electrons. The van der Waals surface area contributed by atoms with Gasteiger partial charge in [0, 0.05) is 24.2 Å². The Hall–Kier alpha value is -3.42. The second-order valence-corrected chi connectivity index (χ2v) is 5.32. The molecule has 1 N–H and O–H groups in total. The van der Waals surface area contributed by atoms with E-state index in [9.17, 15) is 9.59 Å². The third-order valence-electron chi connectivity index (χ3n) is 3.87. The van der Waals surface area contributed by atoms with Gasteiger partial charge in [-0.3, -0.25) is 14.7 Å². The van der Waals surface area contributed by atoms with Gasteiger partial charge in [0.25, 0.3) is 17.1 Å². The van der Waals surface area contributed by atoms with Crippen LogP contribution in [0, 0.1) is 6.92 Å². The molecule has 0 fully saturated rings. The second kappa shape index (κ2) is 5.34. The van der Waals surface area contributed by atoms with Gasteiger partial charge in [0.15, 0.2) is 0 Å². The lowest BCUT2D eigenvalue weighted by molar-refractivity contribution is 0.487. The zero-order chi connectivity index (χ0) is 16.7. The Balaban J connectivity index is 1.94. The highest BCUT2D eigenvalue weighted by molar-refractivity contribution is 5.80. The van der Waals surface area contributed by atoms with Crippen molar-refractivity contribution >= 4 is 10.9 Å². The molecule has 0 amide bonds. The van der Waals surface area contributed by atoms with Crippen molar-refractivity contribution < 1.29 is 4.42 Å². The number of pyridine rings is 1. The van der Waals surface area contributed by atoms with Crippen LogP contribution < -0.4 is 11.1 Å². The van der Waals surface area contributed by atoms with Crippen LogP contribution in [0.5, 0.6) is 0 Å². The quantitative estimate of drug-likeness (QED) is 0.611. The highest BCUT2D eigenvalue weighted by Crippen LogP contribution is 2.13. The third-order valence-corrected chi connectivity index (χ3v) is 3.87. The lowest BCUT2D eigenvalue weighted by Crippen LogP contribution is -2.23. The summed E-state index contributed by atoms with van der Waals surface area (Å²) in [4.78, 5) is 33.2. The van der Waals surface area contributed by atoms with E-state index >= 15 is 0 Å². The van der Waals surface area contributed by atoms with Gasteiger partial charge >= 0.3 is 0 Å². The largest absolute Gasteiger partial charge is 0.467 e. The second-order valence-electron chi connectivity index (χ2n) is 5.32. The minimum atomic E-state index is -0.304. The van der Waals surface area contributed by atoms with Gasteiger partial charge < -0.3 is 8.98 Å². The SMILES string of the molecule is Cc1c2c(=O)n(-c3ncccn3)[nH]c2cc(=O)n1Cc1ccco1. The highest BCUT2D eigenvalue weighted by atomic mass is 16.3. The molecule has 0 saturated carbocycles. The smallest absolute Gasteiger partial charge is 0.283 e. The first-order valence-corrected chi connectivity index (χ1v) is 7.30. The molecule has 0 saturated heterocycles. The van der Waals surface area contributed by atoms with Crippen LogP contribution in [0.3, 0.4) is 0 Å². The van der Waals surface area contributed by atoms with Gasteiger partial charge in [-0.2, -0.15) is 4.68 Å². The first kappa shape index (κ1) is 14.2. The molecular formula is C16H13N5O3. The summed E-state index contributed by atoms with van der Waals surface area (Å²) in [6.07, 6.45) is 4.64. The summed E-state index contributed by atoms with van der Waals surface area (Å²) in [5.74, 6) is 0.866. The molecule has 0 spiro atoms. The zero-order valence-electron chi connectivity index (χ0n) is 12.8. The molecular weight excluding hydrogens is 310 g/mol. The third kappa shape index (κ3) is 2.16. The molecule has 0 bridgehead atoms. The van der Waals surface area contributed by atoms with Crippen LogP contribution in [0.1, 0.15) is 11.5 Å². The fraction of sp³-hybridized carbons (Fsp3) is 0.125. The van der Waals surface area contributed by atoms with E-state index < -0.39 is 0 Å². The summed E-state index contributed by atoms with van der Waals surface area (Å²) in [7, 11) is 0. The Morgan fingerprint density at radius 2 is 2.00 bits per heavy atom. The van der Waals surface area contributed by atoms with Crippen molar-refractivity contribution in [2.45, 2.75) is 13.5 Å². The van der Waals surface area contributed by atoms with Crippen molar-refractivity contribution in [3.05, 3.63) is 75.1 Å². The fourth-order valence-corrected chi connectivity index (χ4v) is 2.71. The molecule has 0 atom stereocenters. The molecule has 0 unspecified atom stereocenters. The lowest BCUT2D eigenvalue weighted by Gasteiger charge is -2.08. The lowest BCUT2D eigenvalue weighted by atomic mass is 10.2. The van der Waals surface area contributed by atoms with Crippen LogP contribution in [-0.4, -0.2) is 24.3 Å². The monoisotopic (exact) mass is 323 g/mol. The minimum Gasteiger partial charge on any atom is -0.467 e. The van der Waals surface area contributed by atoms with Gasteiger partial charge in [-0.25, -0.2) is 9.97 Å². The van der Waals surface area contributed by atoms with E-state index in [1.807, 2.05) is 0 Å². The number of aryl methyl sites for hydroxylation is 1. The van der Waals surface area contributed by atoms with E-state index in [0.29, 0.717) is 22.4 Å². The van der Waals surface area contributed by atoms with E-state index in [-0.39, 0.29) is 23.6 Å². The van der Waals surface area contributed by atoms with E-state index in [0.717, 1.165) is 0 Å². The van der Waals surface area contributed by atoms with Gasteiger partial charge in [0.1, 0.15) is 5.76 Å². The number of nitrogens with one attached hydrogen (secondary N) is 1. The van der Waals surface area contributed by atoms with E-state index in [1.165, 1.54) is 15.3 Å². The maximum absolute atomic E-state index is 12.7. The summed E-state index contributed by atoms with van der Waals surface area (Å²) in [5.41, 5.74) is 0.483. The molecule has 0 radical (unpaired) electrons. The Kier molecular flexibility index (Phi) is 3.16. The zero-order valence-corrected chi connectivity index (χ0v) is 12.8. The fourth-order valence-electron chi connectivity index (χ4n) is 2.71. The van der Waals surface area contributed by atoms with Gasteiger partial charge in [0.05, 0.1) is 23.7 Å². The number of nitrogens with zero attached hydrogens (tertiary/aromatic N) is 4. The van der Waals surface area contributed by atoms with Gasteiger partial charge in [0.2, 0.25) is 0 Å². The van der Waals surface area contributed by atoms with Gasteiger partial charge in [-0.15, -0.1) is 0 Å². The average molecular weight is 323 g/mol. The number of aromatic nitrogens is 5. The Morgan fingerprint density at radius 3 is 2.71 bits per heavy atom. The molecule has 8 nitrogen and oxygen atoms in total. The number of hydrogen-bond donors (Lipinski definition) is 1. The van der Waals surface area contributed by atoms with Crippen molar-refractivity contribution in [1.29, 1.82) is 0 Å². The summed E-state index contributed by atoms with van der Waals surface area (Å²) >= 11 is 0. The Bertz CT molecular complexity index is 1120. The normalized spacial score (nSPS) is 11.2. The molecule has 24 heavy (non-hydrogen) atoms. The molecule has 0 aromatic carbocycles. The molecule has 0 aliphatic carbocycles. The van der Waals surface area contributed by atoms with E-state index in [2.05, 4.69) is 15.1 Å². The van der Waals surface area contributed by atoms with Crippen molar-refractivity contribution in [2.75, 3.05) is 0 Å². The summed E-state index contributed by atoms with van der Waals surface area (Å²) in [5, 5.41) is 3.31. The summed E-state index contributed by atoms with van der Waals surface area (Å²) in [6, 6.07) is 6.59. The molecule has 4 aromatic heterocycles. The Labute approximate surface area is 135 Å². The molecule has 4 heterocycles. The number of fused-ring (bicyclic) bond motifs is 1. The van der Waals surface area contributed by atoms with Crippen molar-refractivity contribution in [2.24, 2.45) is 0 Å². The van der Waals surface area contributed by atoms with E-state index in [1.54, 1.807) is 43.8 Å². The van der Waals surface area contributed by atoms with Gasteiger partial charge in [-0.05, 0) is 25.1 Å². The number of H-pyrrole nitrogens is 1. The van der Waals surface area contributed by atoms with Gasteiger partial charge in [-0.1, -0.05) is 0 Å². The van der Waals surface area contributed by atoms with Crippen LogP contribution in [0.25, 0.3) is 16.9 Å². The highest BCUT2D eigenvalue weighted by Gasteiger charge is 2.16. The predicted molar refractivity (Wildman–Crippen MR) is 86.3 cm³/mol. The molecule has 0 aliphatic rings. The predicted octanol–water partition coefficient (Wildman–Crippen LogP) is 1.22. The van der Waals surface area contributed by atoms with Crippen LogP contribution in [0.15, 0.2) is 56.9 Å². The number of aromatic amines is 1. The van der Waals surface area contributed by atoms with Crippen molar-refractivity contribution in [3.63, 3.8) is 0 Å². The van der Waals surface area contributed by atoms with Crippen LogP contribution in [-0.2, 0) is 6.54 Å². The topological polar surface area (TPSA) is 98.7 Å². The molecule has 8 heteroatoms.